The van der Waals surface area contributed by atoms with Gasteiger partial charge in [0, 0.05) is 6.54 Å². The quantitative estimate of drug-likeness (QED) is 0.624. The van der Waals surface area contributed by atoms with Crippen LogP contribution < -0.4 is 19.5 Å². The van der Waals surface area contributed by atoms with E-state index in [1.807, 2.05) is 54.6 Å². The fourth-order valence-electron chi connectivity index (χ4n) is 3.13. The number of methoxy groups -OCH3 is 3. The largest absolute Gasteiger partial charge is 0.493 e. The summed E-state index contributed by atoms with van der Waals surface area (Å²) in [4.78, 5) is 12.4. The minimum absolute atomic E-state index is 0.0498. The summed E-state index contributed by atoms with van der Waals surface area (Å²) >= 11 is 0. The molecule has 29 heavy (non-hydrogen) atoms. The van der Waals surface area contributed by atoms with E-state index in [1.54, 1.807) is 21.3 Å². The minimum Gasteiger partial charge on any atom is -0.493 e. The smallest absolute Gasteiger partial charge is 0.224 e. The van der Waals surface area contributed by atoms with E-state index in [-0.39, 0.29) is 5.91 Å². The van der Waals surface area contributed by atoms with Gasteiger partial charge in [-0.2, -0.15) is 0 Å². The fraction of sp³-hybridized carbons (Fsp3) is 0.208. The lowest BCUT2D eigenvalue weighted by molar-refractivity contribution is -0.120. The van der Waals surface area contributed by atoms with Crippen molar-refractivity contribution in [3.63, 3.8) is 0 Å². The molecule has 0 aliphatic rings. The molecule has 5 nitrogen and oxygen atoms in total. The average molecular weight is 391 g/mol. The summed E-state index contributed by atoms with van der Waals surface area (Å²) in [5.41, 5.74) is 4.12. The zero-order valence-corrected chi connectivity index (χ0v) is 16.9. The van der Waals surface area contributed by atoms with Crippen molar-refractivity contribution in [2.75, 3.05) is 21.3 Å². The summed E-state index contributed by atoms with van der Waals surface area (Å²) in [5, 5.41) is 2.94. The van der Waals surface area contributed by atoms with Crippen LogP contribution in [-0.2, 0) is 17.8 Å². The Labute approximate surface area is 171 Å². The lowest BCUT2D eigenvalue weighted by atomic mass is 10.0. The molecule has 0 atom stereocenters. The predicted octanol–water partition coefficient (Wildman–Crippen LogP) is 4.24. The monoisotopic (exact) mass is 391 g/mol. The summed E-state index contributed by atoms with van der Waals surface area (Å²) in [6.45, 7) is 0.373. The van der Waals surface area contributed by atoms with Gasteiger partial charge >= 0.3 is 0 Å². The molecule has 0 saturated heterocycles. The van der Waals surface area contributed by atoms with Crippen LogP contribution in [0.3, 0.4) is 0 Å². The first-order chi connectivity index (χ1) is 14.1. The number of benzene rings is 3. The standard InChI is InChI=1S/C24H25NO4/c1-27-21-13-18(14-22(28-2)24(21)29-3)16-25-23(26)15-17-9-11-20(12-10-17)19-7-5-4-6-8-19/h4-14H,15-16H2,1-3H3,(H,25,26). The van der Waals surface area contributed by atoms with Crippen LogP contribution in [0.15, 0.2) is 66.7 Å². The van der Waals surface area contributed by atoms with Crippen molar-refractivity contribution < 1.29 is 19.0 Å². The van der Waals surface area contributed by atoms with Crippen molar-refractivity contribution in [3.05, 3.63) is 77.9 Å². The summed E-state index contributed by atoms with van der Waals surface area (Å²) in [6.07, 6.45) is 0.319. The Morgan fingerprint density at radius 3 is 1.90 bits per heavy atom. The van der Waals surface area contributed by atoms with Crippen LogP contribution >= 0.6 is 0 Å². The van der Waals surface area contributed by atoms with E-state index in [9.17, 15) is 4.79 Å². The van der Waals surface area contributed by atoms with Gasteiger partial charge in [-0.25, -0.2) is 0 Å². The normalized spacial score (nSPS) is 10.3. The van der Waals surface area contributed by atoms with Crippen molar-refractivity contribution >= 4 is 5.91 Å². The van der Waals surface area contributed by atoms with Crippen LogP contribution in [0.5, 0.6) is 17.2 Å². The van der Waals surface area contributed by atoms with Gasteiger partial charge < -0.3 is 19.5 Å². The topological polar surface area (TPSA) is 56.8 Å². The van der Waals surface area contributed by atoms with Gasteiger partial charge in [0.05, 0.1) is 27.8 Å². The molecule has 3 rings (SSSR count). The molecule has 0 spiro atoms. The van der Waals surface area contributed by atoms with Gasteiger partial charge in [-0.1, -0.05) is 54.6 Å². The second kappa shape index (κ2) is 9.64. The molecule has 0 aromatic heterocycles. The summed E-state index contributed by atoms with van der Waals surface area (Å²) in [5.74, 6) is 1.61. The molecule has 150 valence electrons. The molecule has 0 unspecified atom stereocenters. The second-order valence-corrected chi connectivity index (χ2v) is 6.55. The van der Waals surface area contributed by atoms with Crippen LogP contribution in [-0.4, -0.2) is 27.2 Å². The Morgan fingerprint density at radius 1 is 0.759 bits per heavy atom. The van der Waals surface area contributed by atoms with Crippen LogP contribution in [0, 0.1) is 0 Å². The highest BCUT2D eigenvalue weighted by Gasteiger charge is 2.13. The fourth-order valence-corrected chi connectivity index (χ4v) is 3.13. The number of hydrogen-bond donors (Lipinski definition) is 1. The molecule has 1 N–H and O–H groups in total. The summed E-state index contributed by atoms with van der Waals surface area (Å²) < 4.78 is 16.0. The highest BCUT2D eigenvalue weighted by Crippen LogP contribution is 2.38. The van der Waals surface area contributed by atoms with Crippen LogP contribution in [0.4, 0.5) is 0 Å². The average Bonchev–Trinajstić information content (AvgIpc) is 2.78. The van der Waals surface area contributed by atoms with E-state index in [1.165, 1.54) is 0 Å². The molecular weight excluding hydrogens is 366 g/mol. The first-order valence-corrected chi connectivity index (χ1v) is 9.34. The number of carbonyl (C=O) groups excluding carboxylic acids is 1. The highest BCUT2D eigenvalue weighted by atomic mass is 16.5. The van der Waals surface area contributed by atoms with Gasteiger partial charge in [0.1, 0.15) is 0 Å². The number of nitrogens with one attached hydrogen (secondary N) is 1. The highest BCUT2D eigenvalue weighted by molar-refractivity contribution is 5.79. The zero-order valence-electron chi connectivity index (χ0n) is 16.9. The van der Waals surface area contributed by atoms with Crippen molar-refractivity contribution in [1.29, 1.82) is 0 Å². The molecule has 0 heterocycles. The first kappa shape index (κ1) is 20.3. The van der Waals surface area contributed by atoms with Crippen molar-refractivity contribution in [2.24, 2.45) is 0 Å². The molecule has 3 aromatic rings. The van der Waals surface area contributed by atoms with Gasteiger partial charge in [0.15, 0.2) is 11.5 Å². The molecule has 0 aliphatic heterocycles. The van der Waals surface area contributed by atoms with Crippen LogP contribution in [0.1, 0.15) is 11.1 Å². The minimum atomic E-state index is -0.0498. The second-order valence-electron chi connectivity index (χ2n) is 6.55. The number of rotatable bonds is 8. The molecule has 1 amide bonds. The molecule has 0 bridgehead atoms. The van der Waals surface area contributed by atoms with E-state index in [4.69, 9.17) is 14.2 Å². The Balaban J connectivity index is 1.61. The molecule has 0 radical (unpaired) electrons. The van der Waals surface area contributed by atoms with Crippen LogP contribution in [0.2, 0.25) is 0 Å². The van der Waals surface area contributed by atoms with E-state index in [2.05, 4.69) is 17.4 Å². The van der Waals surface area contributed by atoms with Gasteiger partial charge in [-0.3, -0.25) is 4.79 Å². The zero-order chi connectivity index (χ0) is 20.6. The van der Waals surface area contributed by atoms with E-state index >= 15 is 0 Å². The van der Waals surface area contributed by atoms with Gasteiger partial charge in [0.2, 0.25) is 11.7 Å². The maximum atomic E-state index is 12.4. The third-order valence-electron chi connectivity index (χ3n) is 4.64. The molecule has 3 aromatic carbocycles. The van der Waals surface area contributed by atoms with Crippen LogP contribution in [0.25, 0.3) is 11.1 Å². The van der Waals surface area contributed by atoms with Gasteiger partial charge in [-0.15, -0.1) is 0 Å². The molecule has 5 heteroatoms. The Bertz CT molecular complexity index is 927. The lowest BCUT2D eigenvalue weighted by Gasteiger charge is -2.14. The predicted molar refractivity (Wildman–Crippen MR) is 114 cm³/mol. The molecule has 0 saturated carbocycles. The number of hydrogen-bond acceptors (Lipinski definition) is 4. The molecule has 0 fully saturated rings. The maximum absolute atomic E-state index is 12.4. The number of ether oxygens (including phenoxy) is 3. The van der Waals surface area contributed by atoms with E-state index in [0.717, 1.165) is 22.3 Å². The number of amides is 1. The summed E-state index contributed by atoms with van der Waals surface area (Å²) in [6, 6.07) is 21.9. The number of carbonyl (C=O) groups is 1. The third-order valence-corrected chi connectivity index (χ3v) is 4.64. The van der Waals surface area contributed by atoms with Crippen molar-refractivity contribution in [2.45, 2.75) is 13.0 Å². The van der Waals surface area contributed by atoms with Gasteiger partial charge in [-0.05, 0) is 34.4 Å². The third kappa shape index (κ3) is 5.08. The Kier molecular flexibility index (Phi) is 6.74. The Hall–Kier alpha value is -3.47. The van der Waals surface area contributed by atoms with Crippen molar-refractivity contribution in [3.8, 4) is 28.4 Å². The maximum Gasteiger partial charge on any atom is 0.224 e. The summed E-state index contributed by atoms with van der Waals surface area (Å²) in [7, 11) is 4.70. The lowest BCUT2D eigenvalue weighted by Crippen LogP contribution is -2.24. The first-order valence-electron chi connectivity index (χ1n) is 9.34. The van der Waals surface area contributed by atoms with Gasteiger partial charge in [0.25, 0.3) is 0 Å². The SMILES string of the molecule is COc1cc(CNC(=O)Cc2ccc(-c3ccccc3)cc2)cc(OC)c1OC. The van der Waals surface area contributed by atoms with Crippen molar-refractivity contribution in [1.82, 2.24) is 5.32 Å². The Morgan fingerprint density at radius 2 is 1.34 bits per heavy atom. The molecular formula is C24H25NO4. The van der Waals surface area contributed by atoms with E-state index in [0.29, 0.717) is 30.2 Å². The molecule has 0 aliphatic carbocycles. The van der Waals surface area contributed by atoms with E-state index < -0.39 is 0 Å².